The Hall–Kier alpha value is -1.78. The van der Waals surface area contributed by atoms with Gasteiger partial charge < -0.3 is 10.1 Å². The zero-order valence-corrected chi connectivity index (χ0v) is 13.4. The van der Waals surface area contributed by atoms with E-state index in [1.54, 1.807) is 11.3 Å². The summed E-state index contributed by atoms with van der Waals surface area (Å²) in [5.74, 6) is 0.870. The number of hydrogen-bond acceptors (Lipinski definition) is 4. The zero-order valence-electron chi connectivity index (χ0n) is 11.8. The standard InChI is InChI=1S/C16H15ClN2OS/c1-3-20-11-7-8-13-14(9-11)21-16(18-13)19-15-10(2)5-4-6-12(15)17/h4-9H,3H2,1-2H3,(H,18,19). The normalized spacial score (nSPS) is 10.8. The number of aromatic nitrogens is 1. The number of benzene rings is 2. The molecule has 0 aliphatic heterocycles. The summed E-state index contributed by atoms with van der Waals surface area (Å²) < 4.78 is 6.61. The first-order chi connectivity index (χ1) is 10.2. The molecule has 0 bridgehead atoms. The molecule has 1 N–H and O–H groups in total. The van der Waals surface area contributed by atoms with Gasteiger partial charge in [-0.3, -0.25) is 0 Å². The van der Waals surface area contributed by atoms with Crippen LogP contribution in [0.4, 0.5) is 10.8 Å². The fourth-order valence-corrected chi connectivity index (χ4v) is 3.28. The zero-order chi connectivity index (χ0) is 14.8. The molecule has 5 heteroatoms. The van der Waals surface area contributed by atoms with Crippen LogP contribution in [0, 0.1) is 6.92 Å². The smallest absolute Gasteiger partial charge is 0.188 e. The molecule has 2 aromatic carbocycles. The third-order valence-corrected chi connectivity index (χ3v) is 4.37. The van der Waals surface area contributed by atoms with E-state index in [1.807, 2.05) is 50.2 Å². The van der Waals surface area contributed by atoms with Gasteiger partial charge in [-0.15, -0.1) is 0 Å². The van der Waals surface area contributed by atoms with Crippen LogP contribution < -0.4 is 10.1 Å². The topological polar surface area (TPSA) is 34.1 Å². The molecule has 3 rings (SSSR count). The van der Waals surface area contributed by atoms with E-state index in [0.717, 1.165) is 32.3 Å². The minimum atomic E-state index is 0.661. The van der Waals surface area contributed by atoms with Crippen LogP contribution in [0.2, 0.25) is 5.02 Å². The molecule has 0 saturated heterocycles. The van der Waals surface area contributed by atoms with Crippen LogP contribution in [0.25, 0.3) is 10.2 Å². The van der Waals surface area contributed by atoms with Gasteiger partial charge in [-0.2, -0.15) is 0 Å². The summed E-state index contributed by atoms with van der Waals surface area (Å²) in [5.41, 5.74) is 2.95. The summed E-state index contributed by atoms with van der Waals surface area (Å²) in [7, 11) is 0. The highest BCUT2D eigenvalue weighted by Crippen LogP contribution is 2.34. The molecule has 0 unspecified atom stereocenters. The van der Waals surface area contributed by atoms with Gasteiger partial charge in [0.1, 0.15) is 5.75 Å². The Kier molecular flexibility index (Phi) is 3.99. The third-order valence-electron chi connectivity index (χ3n) is 3.12. The highest BCUT2D eigenvalue weighted by molar-refractivity contribution is 7.22. The molecule has 3 nitrogen and oxygen atoms in total. The highest BCUT2D eigenvalue weighted by atomic mass is 35.5. The van der Waals surface area contributed by atoms with Crippen molar-refractivity contribution < 1.29 is 4.74 Å². The minimum absolute atomic E-state index is 0.661. The average Bonchev–Trinajstić information content (AvgIpc) is 2.85. The number of thiazole rings is 1. The van der Waals surface area contributed by atoms with Crippen LogP contribution in [-0.2, 0) is 0 Å². The number of anilines is 2. The molecular weight excluding hydrogens is 304 g/mol. The van der Waals surface area contributed by atoms with Crippen molar-refractivity contribution in [3.05, 3.63) is 47.0 Å². The lowest BCUT2D eigenvalue weighted by molar-refractivity contribution is 0.341. The Morgan fingerprint density at radius 2 is 2.14 bits per heavy atom. The van der Waals surface area contributed by atoms with Crippen molar-refractivity contribution in [2.24, 2.45) is 0 Å². The first-order valence-electron chi connectivity index (χ1n) is 6.73. The van der Waals surface area contributed by atoms with Crippen LogP contribution in [0.15, 0.2) is 36.4 Å². The van der Waals surface area contributed by atoms with Crippen LogP contribution >= 0.6 is 22.9 Å². The van der Waals surface area contributed by atoms with Gasteiger partial charge in [0.25, 0.3) is 0 Å². The molecule has 0 saturated carbocycles. The van der Waals surface area contributed by atoms with Gasteiger partial charge in [-0.05, 0) is 43.7 Å². The van der Waals surface area contributed by atoms with Gasteiger partial charge in [0.15, 0.2) is 5.13 Å². The lowest BCUT2D eigenvalue weighted by Gasteiger charge is -2.08. The summed E-state index contributed by atoms with van der Waals surface area (Å²) >= 11 is 7.83. The van der Waals surface area contributed by atoms with Gasteiger partial charge in [-0.1, -0.05) is 35.1 Å². The van der Waals surface area contributed by atoms with Crippen molar-refractivity contribution in [2.45, 2.75) is 13.8 Å². The largest absolute Gasteiger partial charge is 0.494 e. The van der Waals surface area contributed by atoms with E-state index < -0.39 is 0 Å². The summed E-state index contributed by atoms with van der Waals surface area (Å²) in [6.07, 6.45) is 0. The molecule has 1 aromatic heterocycles. The predicted octanol–water partition coefficient (Wildman–Crippen LogP) is 5.40. The fraction of sp³-hybridized carbons (Fsp3) is 0.188. The summed E-state index contributed by atoms with van der Waals surface area (Å²) in [4.78, 5) is 4.58. The number of nitrogens with one attached hydrogen (secondary N) is 1. The van der Waals surface area contributed by atoms with Crippen LogP contribution in [0.1, 0.15) is 12.5 Å². The molecule has 3 aromatic rings. The van der Waals surface area contributed by atoms with Crippen molar-refractivity contribution in [1.29, 1.82) is 0 Å². The summed E-state index contributed by atoms with van der Waals surface area (Å²) in [6.45, 7) is 4.66. The Bertz CT molecular complexity index is 765. The molecule has 0 fully saturated rings. The summed E-state index contributed by atoms with van der Waals surface area (Å²) in [6, 6.07) is 11.8. The predicted molar refractivity (Wildman–Crippen MR) is 90.3 cm³/mol. The van der Waals surface area contributed by atoms with Gasteiger partial charge in [0.05, 0.1) is 27.5 Å². The Morgan fingerprint density at radius 3 is 2.90 bits per heavy atom. The molecule has 0 spiro atoms. The molecule has 21 heavy (non-hydrogen) atoms. The quantitative estimate of drug-likeness (QED) is 0.699. The van der Waals surface area contributed by atoms with Gasteiger partial charge in [0, 0.05) is 0 Å². The van der Waals surface area contributed by atoms with Gasteiger partial charge >= 0.3 is 0 Å². The summed E-state index contributed by atoms with van der Waals surface area (Å²) in [5, 5.41) is 4.84. The average molecular weight is 319 g/mol. The molecule has 108 valence electrons. The molecule has 0 atom stereocenters. The monoisotopic (exact) mass is 318 g/mol. The number of rotatable bonds is 4. The number of hydrogen-bond donors (Lipinski definition) is 1. The van der Waals surface area contributed by atoms with Gasteiger partial charge in [-0.25, -0.2) is 4.98 Å². The van der Waals surface area contributed by atoms with E-state index in [1.165, 1.54) is 0 Å². The first-order valence-corrected chi connectivity index (χ1v) is 7.92. The SMILES string of the molecule is CCOc1ccc2nc(Nc3c(C)cccc3Cl)sc2c1. The molecule has 1 heterocycles. The van der Waals surface area contributed by atoms with E-state index in [2.05, 4.69) is 10.3 Å². The second-order valence-corrected chi connectivity index (χ2v) is 6.08. The number of fused-ring (bicyclic) bond motifs is 1. The van der Waals surface area contributed by atoms with E-state index in [4.69, 9.17) is 16.3 Å². The molecule has 0 radical (unpaired) electrons. The number of para-hydroxylation sites is 1. The lowest BCUT2D eigenvalue weighted by atomic mass is 10.2. The number of halogens is 1. The maximum absolute atomic E-state index is 6.24. The van der Waals surface area contributed by atoms with Crippen LogP contribution in [-0.4, -0.2) is 11.6 Å². The molecule has 0 aliphatic carbocycles. The Labute approximate surface area is 132 Å². The van der Waals surface area contributed by atoms with Crippen molar-refractivity contribution >= 4 is 44.0 Å². The maximum atomic E-state index is 6.24. The Morgan fingerprint density at radius 1 is 1.29 bits per heavy atom. The Balaban J connectivity index is 1.94. The fourth-order valence-electron chi connectivity index (χ4n) is 2.11. The van der Waals surface area contributed by atoms with Crippen LogP contribution in [0.3, 0.4) is 0 Å². The van der Waals surface area contributed by atoms with Crippen molar-refractivity contribution in [3.8, 4) is 5.75 Å². The number of ether oxygens (including phenoxy) is 1. The van der Waals surface area contributed by atoms with E-state index in [-0.39, 0.29) is 0 Å². The molecule has 0 aliphatic rings. The first kappa shape index (κ1) is 14.2. The maximum Gasteiger partial charge on any atom is 0.188 e. The highest BCUT2D eigenvalue weighted by Gasteiger charge is 2.09. The second-order valence-electron chi connectivity index (χ2n) is 4.64. The van der Waals surface area contributed by atoms with E-state index >= 15 is 0 Å². The van der Waals surface area contributed by atoms with Crippen molar-refractivity contribution in [1.82, 2.24) is 4.98 Å². The number of aryl methyl sites for hydroxylation is 1. The van der Waals surface area contributed by atoms with Gasteiger partial charge in [0.2, 0.25) is 0 Å². The molecular formula is C16H15ClN2OS. The van der Waals surface area contributed by atoms with E-state index in [9.17, 15) is 0 Å². The van der Waals surface area contributed by atoms with E-state index in [0.29, 0.717) is 11.6 Å². The van der Waals surface area contributed by atoms with Crippen LogP contribution in [0.5, 0.6) is 5.75 Å². The lowest BCUT2D eigenvalue weighted by Crippen LogP contribution is -1.93. The second kappa shape index (κ2) is 5.92. The van der Waals surface area contributed by atoms with Crippen molar-refractivity contribution in [2.75, 3.05) is 11.9 Å². The number of nitrogens with zero attached hydrogens (tertiary/aromatic N) is 1. The third kappa shape index (κ3) is 2.96. The molecule has 0 amide bonds. The minimum Gasteiger partial charge on any atom is -0.494 e. The van der Waals surface area contributed by atoms with Crippen molar-refractivity contribution in [3.63, 3.8) is 0 Å².